The van der Waals surface area contributed by atoms with E-state index < -0.39 is 92.0 Å². The Labute approximate surface area is 249 Å². The van der Waals surface area contributed by atoms with Crippen molar-refractivity contribution in [2.45, 2.75) is 81.7 Å². The first-order chi connectivity index (χ1) is 21.1. The largest absolute Gasteiger partial charge is 0.464 e. The third kappa shape index (κ3) is 8.56. The SMILES string of the molecule is O=C(CCC(F)(F)F)N[C@@H](c1cnn2cc([C@@H](NC(=O)c3nonc3OCC(F)(F)F)C3CCC(F)(F)CC3)nc2c1)C1CC1. The summed E-state index contributed by atoms with van der Waals surface area (Å²) in [5.74, 6) is -6.12. The van der Waals surface area contributed by atoms with Crippen LogP contribution in [0, 0.1) is 11.8 Å². The smallest absolute Gasteiger partial charge is 0.422 e. The summed E-state index contributed by atoms with van der Waals surface area (Å²) in [4.78, 5) is 29.9. The third-order valence-electron chi connectivity index (χ3n) is 7.65. The van der Waals surface area contributed by atoms with Crippen LogP contribution in [0.15, 0.2) is 23.1 Å². The van der Waals surface area contributed by atoms with E-state index in [-0.39, 0.29) is 30.1 Å². The molecule has 2 atom stereocenters. The Morgan fingerprint density at radius 2 is 1.69 bits per heavy atom. The molecule has 11 nitrogen and oxygen atoms in total. The highest BCUT2D eigenvalue weighted by Gasteiger charge is 2.41. The number of fused-ring (bicyclic) bond motifs is 1. The molecular formula is C26H27F8N7O4. The molecule has 2 aliphatic rings. The molecule has 0 saturated heterocycles. The lowest BCUT2D eigenvalue weighted by atomic mass is 9.81. The topological polar surface area (TPSA) is 137 Å². The Kier molecular flexibility index (Phi) is 8.90. The number of amides is 2. The Hall–Kier alpha value is -4.06. The number of carbonyl (C=O) groups excluding carboxylic acids is 2. The lowest BCUT2D eigenvalue weighted by Crippen LogP contribution is -2.37. The number of nitrogens with zero attached hydrogens (tertiary/aromatic N) is 5. The Morgan fingerprint density at radius 1 is 1.00 bits per heavy atom. The van der Waals surface area contributed by atoms with Gasteiger partial charge in [-0.05, 0) is 59.5 Å². The molecule has 45 heavy (non-hydrogen) atoms. The maximum atomic E-state index is 14.0. The van der Waals surface area contributed by atoms with Crippen molar-refractivity contribution < 1.29 is 54.1 Å². The van der Waals surface area contributed by atoms with Crippen LogP contribution in [-0.2, 0) is 4.79 Å². The molecule has 0 aliphatic heterocycles. The number of nitrogens with one attached hydrogen (secondary N) is 2. The Bertz CT molecular complexity index is 1510. The van der Waals surface area contributed by atoms with Gasteiger partial charge in [0.2, 0.25) is 17.5 Å². The average Bonchev–Trinajstić information content (AvgIpc) is 3.52. The van der Waals surface area contributed by atoms with Gasteiger partial charge >= 0.3 is 12.4 Å². The molecule has 19 heteroatoms. The zero-order chi connectivity index (χ0) is 32.6. The van der Waals surface area contributed by atoms with Crippen molar-refractivity contribution in [1.82, 2.24) is 35.5 Å². The Balaban J connectivity index is 1.39. The lowest BCUT2D eigenvalue weighted by molar-refractivity contribution is -0.154. The van der Waals surface area contributed by atoms with E-state index in [9.17, 15) is 44.7 Å². The molecule has 0 radical (unpaired) electrons. The van der Waals surface area contributed by atoms with E-state index in [0.29, 0.717) is 5.56 Å². The van der Waals surface area contributed by atoms with E-state index in [1.165, 1.54) is 16.9 Å². The molecule has 0 bridgehead atoms. The van der Waals surface area contributed by atoms with Crippen molar-refractivity contribution in [2.75, 3.05) is 6.61 Å². The summed E-state index contributed by atoms with van der Waals surface area (Å²) in [6.07, 6.45) is -7.87. The van der Waals surface area contributed by atoms with E-state index in [2.05, 4.69) is 40.4 Å². The van der Waals surface area contributed by atoms with Gasteiger partial charge in [-0.3, -0.25) is 9.59 Å². The van der Waals surface area contributed by atoms with Gasteiger partial charge in [-0.2, -0.15) is 31.4 Å². The van der Waals surface area contributed by atoms with Crippen LogP contribution >= 0.6 is 0 Å². The van der Waals surface area contributed by atoms with Crippen molar-refractivity contribution in [3.05, 3.63) is 35.4 Å². The second kappa shape index (κ2) is 12.4. The normalized spacial score (nSPS) is 18.8. The van der Waals surface area contributed by atoms with Crippen molar-refractivity contribution >= 4 is 17.5 Å². The van der Waals surface area contributed by atoms with Gasteiger partial charge in [0.05, 0.1) is 36.6 Å². The van der Waals surface area contributed by atoms with Crippen LogP contribution in [0.2, 0.25) is 0 Å². The van der Waals surface area contributed by atoms with Gasteiger partial charge in [0.25, 0.3) is 11.8 Å². The molecule has 2 aliphatic carbocycles. The van der Waals surface area contributed by atoms with Gasteiger partial charge in [0.15, 0.2) is 12.3 Å². The first-order valence-electron chi connectivity index (χ1n) is 14.0. The molecular weight excluding hydrogens is 626 g/mol. The number of carbonyl (C=O) groups is 2. The van der Waals surface area contributed by atoms with E-state index >= 15 is 0 Å². The minimum atomic E-state index is -4.74. The Morgan fingerprint density at radius 3 is 2.33 bits per heavy atom. The number of rotatable bonds is 11. The summed E-state index contributed by atoms with van der Waals surface area (Å²) in [6.45, 7) is -1.77. The summed E-state index contributed by atoms with van der Waals surface area (Å²) in [6, 6.07) is -0.0660. The van der Waals surface area contributed by atoms with E-state index in [1.54, 1.807) is 6.07 Å². The molecule has 3 aromatic heterocycles. The minimum Gasteiger partial charge on any atom is -0.464 e. The molecule has 0 spiro atoms. The first kappa shape index (κ1) is 32.3. The van der Waals surface area contributed by atoms with Crippen LogP contribution in [0.1, 0.15) is 85.2 Å². The highest BCUT2D eigenvalue weighted by molar-refractivity contribution is 5.94. The lowest BCUT2D eigenvalue weighted by Gasteiger charge is -2.33. The summed E-state index contributed by atoms with van der Waals surface area (Å²) in [5, 5.41) is 16.0. The maximum absolute atomic E-state index is 14.0. The quantitative estimate of drug-likeness (QED) is 0.268. The number of aromatic nitrogens is 5. The van der Waals surface area contributed by atoms with Gasteiger partial charge in [-0.15, -0.1) is 0 Å². The number of imidazole rings is 1. The fourth-order valence-corrected chi connectivity index (χ4v) is 5.24. The summed E-state index contributed by atoms with van der Waals surface area (Å²) in [7, 11) is 0. The van der Waals surface area contributed by atoms with E-state index in [0.717, 1.165) is 12.8 Å². The molecule has 2 saturated carbocycles. The molecule has 3 heterocycles. The molecule has 2 N–H and O–H groups in total. The fourth-order valence-electron chi connectivity index (χ4n) is 5.24. The highest BCUT2D eigenvalue weighted by Crippen LogP contribution is 2.43. The molecule has 0 unspecified atom stereocenters. The van der Waals surface area contributed by atoms with E-state index in [4.69, 9.17) is 0 Å². The second-order valence-electron chi connectivity index (χ2n) is 11.2. The van der Waals surface area contributed by atoms with Gasteiger partial charge in [-0.25, -0.2) is 22.9 Å². The van der Waals surface area contributed by atoms with E-state index in [1.807, 2.05) is 0 Å². The zero-order valence-corrected chi connectivity index (χ0v) is 23.3. The maximum Gasteiger partial charge on any atom is 0.422 e. The van der Waals surface area contributed by atoms with Crippen LogP contribution in [0.25, 0.3) is 5.65 Å². The van der Waals surface area contributed by atoms with Crippen molar-refractivity contribution in [1.29, 1.82) is 0 Å². The highest BCUT2D eigenvalue weighted by atomic mass is 19.4. The van der Waals surface area contributed by atoms with Crippen LogP contribution in [-0.4, -0.2) is 61.6 Å². The number of hydrogen-bond acceptors (Lipinski definition) is 8. The predicted octanol–water partition coefficient (Wildman–Crippen LogP) is 5.26. The number of hydrogen-bond donors (Lipinski definition) is 2. The van der Waals surface area contributed by atoms with Crippen LogP contribution in [0.3, 0.4) is 0 Å². The summed E-state index contributed by atoms with van der Waals surface area (Å²) < 4.78 is 114. The average molecular weight is 654 g/mol. The summed E-state index contributed by atoms with van der Waals surface area (Å²) in [5.41, 5.74) is 0.216. The monoisotopic (exact) mass is 653 g/mol. The van der Waals surface area contributed by atoms with Gasteiger partial charge < -0.3 is 15.4 Å². The molecule has 5 rings (SSSR count). The number of alkyl halides is 8. The van der Waals surface area contributed by atoms with Crippen LogP contribution < -0.4 is 15.4 Å². The van der Waals surface area contributed by atoms with Crippen molar-refractivity contribution in [3.8, 4) is 5.88 Å². The van der Waals surface area contributed by atoms with Gasteiger partial charge in [-0.1, -0.05) is 0 Å². The number of ether oxygens (including phenoxy) is 1. The van der Waals surface area contributed by atoms with Crippen molar-refractivity contribution in [2.24, 2.45) is 11.8 Å². The fraction of sp³-hybridized carbons (Fsp3) is 0.615. The minimum absolute atomic E-state index is 0.0145. The number of halogens is 8. The van der Waals surface area contributed by atoms with Crippen molar-refractivity contribution in [3.63, 3.8) is 0 Å². The third-order valence-corrected chi connectivity index (χ3v) is 7.65. The van der Waals surface area contributed by atoms with Gasteiger partial charge in [0.1, 0.15) is 0 Å². The van der Waals surface area contributed by atoms with Crippen LogP contribution in [0.4, 0.5) is 35.1 Å². The second-order valence-corrected chi connectivity index (χ2v) is 11.2. The molecule has 3 aromatic rings. The first-order valence-corrected chi connectivity index (χ1v) is 14.0. The standard InChI is InChI=1S/C26H27F8N7O4/c27-24(28)6-3-14(4-7-24)20(38-22(43)21-23(40-45-39-21)44-12-26(32,33)34)16-11-41-17(36-16)9-15(10-35-41)19(13-1-2-13)37-18(42)5-8-25(29,30)31/h9-11,13-14,19-20H,1-8,12H2,(H,37,42)(H,38,43)/t19-,20+/m1/s1. The van der Waals surface area contributed by atoms with Crippen LogP contribution in [0.5, 0.6) is 5.88 Å². The molecule has 246 valence electrons. The molecule has 0 aromatic carbocycles. The molecule has 2 amide bonds. The zero-order valence-electron chi connectivity index (χ0n) is 23.3. The summed E-state index contributed by atoms with van der Waals surface area (Å²) >= 11 is 0. The van der Waals surface area contributed by atoms with Gasteiger partial charge in [0, 0.05) is 19.3 Å². The molecule has 2 fully saturated rings. The predicted molar refractivity (Wildman–Crippen MR) is 135 cm³/mol.